The molecule has 1 aromatic carbocycles. The van der Waals surface area contributed by atoms with Crippen LogP contribution in [0.1, 0.15) is 19.4 Å². The van der Waals surface area contributed by atoms with Gasteiger partial charge in [0, 0.05) is 6.04 Å². The fraction of sp³-hybridized carbons (Fsp3) is 0.385. The molecule has 14 heavy (non-hydrogen) atoms. The molecule has 0 aliphatic carbocycles. The molecule has 0 bridgehead atoms. The Kier molecular flexibility index (Phi) is 7.86. The molecule has 1 nitrogen and oxygen atoms in total. The summed E-state index contributed by atoms with van der Waals surface area (Å²) in [6.07, 6.45) is 2.95. The number of hydrogen-bond acceptors (Lipinski definition) is 1. The zero-order chi connectivity index (χ0) is 10.8. The Morgan fingerprint density at radius 1 is 1.29 bits per heavy atom. The van der Waals surface area contributed by atoms with Crippen molar-refractivity contribution in [3.8, 4) is 0 Å². The van der Waals surface area contributed by atoms with Gasteiger partial charge in [0.1, 0.15) is 0 Å². The van der Waals surface area contributed by atoms with E-state index in [2.05, 4.69) is 36.2 Å². The van der Waals surface area contributed by atoms with Crippen molar-refractivity contribution in [2.45, 2.75) is 26.3 Å². The summed E-state index contributed by atoms with van der Waals surface area (Å²) >= 11 is 0. The van der Waals surface area contributed by atoms with Gasteiger partial charge in [-0.2, -0.15) is 0 Å². The lowest BCUT2D eigenvalue weighted by molar-refractivity contribution is 0.665. The molecule has 78 valence electrons. The van der Waals surface area contributed by atoms with Crippen LogP contribution >= 0.6 is 0 Å². The first-order valence-corrected chi connectivity index (χ1v) is 5.20. The van der Waals surface area contributed by atoms with Crippen LogP contribution in [-0.2, 0) is 6.42 Å². The van der Waals surface area contributed by atoms with Crippen LogP contribution in [0.5, 0.6) is 0 Å². The van der Waals surface area contributed by atoms with Crippen LogP contribution in [0, 0.1) is 0 Å². The molecular weight excluding hydrogens is 170 g/mol. The number of rotatable bonds is 4. The van der Waals surface area contributed by atoms with E-state index in [1.165, 1.54) is 5.56 Å². The fourth-order valence-corrected chi connectivity index (χ4v) is 1.17. The number of hydrogen-bond donors (Lipinski definition) is 1. The van der Waals surface area contributed by atoms with Gasteiger partial charge in [-0.05, 0) is 19.0 Å². The number of likely N-dealkylation sites (N-methyl/N-ethyl adjacent to an activating group) is 1. The molecule has 0 saturated heterocycles. The predicted octanol–water partition coefficient (Wildman–Crippen LogP) is 3.03. The summed E-state index contributed by atoms with van der Waals surface area (Å²) < 4.78 is 0. The van der Waals surface area contributed by atoms with Gasteiger partial charge in [0.15, 0.2) is 0 Å². The standard InChI is InChI=1S/C11H15N.C2H6/c1-3-11(12-2)9-10-7-5-4-6-8-10;1-2/h3-8,11-12H,1,9H2,2H3;1-2H3. The van der Waals surface area contributed by atoms with Gasteiger partial charge in [-0.1, -0.05) is 50.3 Å². The number of benzene rings is 1. The molecule has 0 heterocycles. The summed E-state index contributed by atoms with van der Waals surface area (Å²) in [5, 5.41) is 3.18. The second kappa shape index (κ2) is 8.52. The quantitative estimate of drug-likeness (QED) is 0.721. The molecule has 1 N–H and O–H groups in total. The van der Waals surface area contributed by atoms with Gasteiger partial charge in [0.25, 0.3) is 0 Å². The van der Waals surface area contributed by atoms with Crippen molar-refractivity contribution in [3.63, 3.8) is 0 Å². The molecule has 0 spiro atoms. The molecule has 0 amide bonds. The first kappa shape index (κ1) is 12.9. The lowest BCUT2D eigenvalue weighted by Gasteiger charge is -2.10. The van der Waals surface area contributed by atoms with E-state index in [1.807, 2.05) is 33.0 Å². The van der Waals surface area contributed by atoms with Crippen LogP contribution < -0.4 is 5.32 Å². The smallest absolute Gasteiger partial charge is 0.0285 e. The van der Waals surface area contributed by atoms with Crippen LogP contribution in [0.25, 0.3) is 0 Å². The van der Waals surface area contributed by atoms with Crippen LogP contribution in [-0.4, -0.2) is 13.1 Å². The van der Waals surface area contributed by atoms with Crippen molar-refractivity contribution >= 4 is 0 Å². The first-order chi connectivity index (χ1) is 6.86. The normalized spacial score (nSPS) is 11.1. The van der Waals surface area contributed by atoms with Crippen molar-refractivity contribution in [2.24, 2.45) is 0 Å². The van der Waals surface area contributed by atoms with Crippen LogP contribution in [0.15, 0.2) is 43.0 Å². The Morgan fingerprint density at radius 2 is 1.86 bits per heavy atom. The van der Waals surface area contributed by atoms with E-state index in [-0.39, 0.29) is 0 Å². The van der Waals surface area contributed by atoms with Crippen molar-refractivity contribution in [1.29, 1.82) is 0 Å². The third-order valence-electron chi connectivity index (χ3n) is 1.95. The van der Waals surface area contributed by atoms with E-state index in [1.54, 1.807) is 0 Å². The molecule has 1 aromatic rings. The lowest BCUT2D eigenvalue weighted by Crippen LogP contribution is -2.24. The average molecular weight is 191 g/mol. The van der Waals surface area contributed by atoms with E-state index < -0.39 is 0 Å². The highest BCUT2D eigenvalue weighted by Gasteiger charge is 2.00. The molecule has 1 heteroatoms. The van der Waals surface area contributed by atoms with Gasteiger partial charge in [0.05, 0.1) is 0 Å². The average Bonchev–Trinajstić information content (AvgIpc) is 2.30. The maximum absolute atomic E-state index is 3.77. The van der Waals surface area contributed by atoms with Gasteiger partial charge in [-0.25, -0.2) is 0 Å². The Labute approximate surface area is 87.9 Å². The SMILES string of the molecule is C=CC(Cc1ccccc1)NC.CC. The molecule has 1 atom stereocenters. The summed E-state index contributed by atoms with van der Waals surface area (Å²) in [7, 11) is 1.95. The summed E-state index contributed by atoms with van der Waals surface area (Å²) in [5.74, 6) is 0. The second-order valence-electron chi connectivity index (χ2n) is 2.82. The molecule has 0 saturated carbocycles. The minimum absolute atomic E-state index is 0.382. The summed E-state index contributed by atoms with van der Waals surface area (Å²) in [6.45, 7) is 7.77. The van der Waals surface area contributed by atoms with Crippen LogP contribution in [0.4, 0.5) is 0 Å². The van der Waals surface area contributed by atoms with Crippen molar-refractivity contribution in [2.75, 3.05) is 7.05 Å². The zero-order valence-corrected chi connectivity index (χ0v) is 9.46. The summed E-state index contributed by atoms with van der Waals surface area (Å²) in [4.78, 5) is 0. The summed E-state index contributed by atoms with van der Waals surface area (Å²) in [6, 6.07) is 10.8. The highest BCUT2D eigenvalue weighted by Crippen LogP contribution is 2.02. The minimum Gasteiger partial charge on any atom is -0.313 e. The third-order valence-corrected chi connectivity index (χ3v) is 1.95. The Hall–Kier alpha value is -1.08. The van der Waals surface area contributed by atoms with Gasteiger partial charge >= 0.3 is 0 Å². The monoisotopic (exact) mass is 191 g/mol. The van der Waals surface area contributed by atoms with E-state index >= 15 is 0 Å². The largest absolute Gasteiger partial charge is 0.313 e. The highest BCUT2D eigenvalue weighted by molar-refractivity contribution is 5.17. The predicted molar refractivity (Wildman–Crippen MR) is 64.5 cm³/mol. The molecule has 1 rings (SSSR count). The van der Waals surface area contributed by atoms with Crippen molar-refractivity contribution < 1.29 is 0 Å². The van der Waals surface area contributed by atoms with Gasteiger partial charge in [0.2, 0.25) is 0 Å². The van der Waals surface area contributed by atoms with Gasteiger partial charge in [-0.3, -0.25) is 0 Å². The lowest BCUT2D eigenvalue weighted by atomic mass is 10.1. The molecule has 0 radical (unpaired) electrons. The second-order valence-corrected chi connectivity index (χ2v) is 2.82. The molecule has 0 aliphatic rings. The highest BCUT2D eigenvalue weighted by atomic mass is 14.8. The topological polar surface area (TPSA) is 12.0 Å². The van der Waals surface area contributed by atoms with Crippen molar-refractivity contribution in [3.05, 3.63) is 48.6 Å². The fourth-order valence-electron chi connectivity index (χ4n) is 1.17. The van der Waals surface area contributed by atoms with E-state index in [0.717, 1.165) is 6.42 Å². The van der Waals surface area contributed by atoms with Crippen LogP contribution in [0.2, 0.25) is 0 Å². The molecular formula is C13H21N. The maximum atomic E-state index is 3.77. The minimum atomic E-state index is 0.382. The maximum Gasteiger partial charge on any atom is 0.0285 e. The Morgan fingerprint density at radius 3 is 2.29 bits per heavy atom. The molecule has 1 unspecified atom stereocenters. The number of nitrogens with one attached hydrogen (secondary N) is 1. The molecule has 0 aromatic heterocycles. The Bertz CT molecular complexity index is 228. The van der Waals surface area contributed by atoms with Gasteiger partial charge < -0.3 is 5.32 Å². The Balaban J connectivity index is 0.000000791. The first-order valence-electron chi connectivity index (χ1n) is 5.20. The van der Waals surface area contributed by atoms with Crippen LogP contribution in [0.3, 0.4) is 0 Å². The zero-order valence-electron chi connectivity index (χ0n) is 9.46. The van der Waals surface area contributed by atoms with E-state index in [0.29, 0.717) is 6.04 Å². The third kappa shape index (κ3) is 4.83. The van der Waals surface area contributed by atoms with E-state index in [4.69, 9.17) is 0 Å². The van der Waals surface area contributed by atoms with Gasteiger partial charge in [-0.15, -0.1) is 6.58 Å². The van der Waals surface area contributed by atoms with Crippen molar-refractivity contribution in [1.82, 2.24) is 5.32 Å². The molecule has 0 aliphatic heterocycles. The summed E-state index contributed by atoms with van der Waals surface area (Å²) in [5.41, 5.74) is 1.34. The molecule has 0 fully saturated rings. The van der Waals surface area contributed by atoms with E-state index in [9.17, 15) is 0 Å².